The standard InChI is InChI=1S/C5H7N2PS2/c1-2-3(4(6)9)10-5(8)7-2/h8H2,1H3,(H2,6,9). The van der Waals surface area contributed by atoms with Crippen molar-refractivity contribution in [1.29, 1.82) is 0 Å². The summed E-state index contributed by atoms with van der Waals surface area (Å²) in [6, 6.07) is 0. The Balaban J connectivity index is 3.15. The van der Waals surface area contributed by atoms with E-state index in [4.69, 9.17) is 18.0 Å². The SMILES string of the molecule is Cc1nc(P)sc1C(N)=S. The molecule has 2 N–H and O–H groups in total. The summed E-state index contributed by atoms with van der Waals surface area (Å²) in [6.45, 7) is 1.90. The third kappa shape index (κ3) is 1.51. The molecule has 1 unspecified atom stereocenters. The molecule has 1 aromatic rings. The van der Waals surface area contributed by atoms with Gasteiger partial charge in [0.2, 0.25) is 0 Å². The third-order valence-corrected chi connectivity index (χ3v) is 2.87. The maximum atomic E-state index is 5.42. The van der Waals surface area contributed by atoms with E-state index < -0.39 is 0 Å². The number of thiocarbonyl (C=S) groups is 1. The van der Waals surface area contributed by atoms with Crippen molar-refractivity contribution in [2.75, 3.05) is 0 Å². The number of hydrogen-bond acceptors (Lipinski definition) is 3. The summed E-state index contributed by atoms with van der Waals surface area (Å²) in [4.78, 5) is 5.50. The molecule has 0 aliphatic carbocycles. The summed E-state index contributed by atoms with van der Waals surface area (Å²) in [6.07, 6.45) is 0. The summed E-state index contributed by atoms with van der Waals surface area (Å²) in [5.74, 6) is 0. The molecule has 0 saturated heterocycles. The first-order valence-corrected chi connectivity index (χ1v) is 4.44. The predicted octanol–water partition coefficient (Wildman–Crippen LogP) is 0.586. The Bertz CT molecular complexity index is 269. The lowest BCUT2D eigenvalue weighted by atomic mass is 10.4. The van der Waals surface area contributed by atoms with E-state index in [-0.39, 0.29) is 0 Å². The molecule has 0 saturated carbocycles. The molecule has 0 radical (unpaired) electrons. The number of hydrogen-bond donors (Lipinski definition) is 1. The molecule has 54 valence electrons. The molecule has 1 atom stereocenters. The Hall–Kier alpha value is -0.0500. The minimum absolute atomic E-state index is 0.434. The van der Waals surface area contributed by atoms with Crippen LogP contribution in [0.5, 0.6) is 0 Å². The van der Waals surface area contributed by atoms with E-state index in [1.54, 1.807) is 0 Å². The van der Waals surface area contributed by atoms with Gasteiger partial charge in [-0.25, -0.2) is 4.98 Å². The van der Waals surface area contributed by atoms with Crippen LogP contribution in [0.3, 0.4) is 0 Å². The molecule has 1 heterocycles. The van der Waals surface area contributed by atoms with Crippen LogP contribution < -0.4 is 10.5 Å². The molecule has 0 aromatic carbocycles. The summed E-state index contributed by atoms with van der Waals surface area (Å²) < 4.78 is 0.931. The largest absolute Gasteiger partial charge is 0.389 e. The van der Waals surface area contributed by atoms with Gasteiger partial charge in [0, 0.05) is 0 Å². The second kappa shape index (κ2) is 2.91. The highest BCUT2D eigenvalue weighted by Crippen LogP contribution is 2.11. The lowest BCUT2D eigenvalue weighted by Gasteiger charge is -1.89. The highest BCUT2D eigenvalue weighted by Gasteiger charge is 2.05. The zero-order valence-corrected chi connectivity index (χ0v) is 8.21. The smallest absolute Gasteiger partial charge is 0.116 e. The minimum atomic E-state index is 0.434. The zero-order chi connectivity index (χ0) is 7.72. The van der Waals surface area contributed by atoms with Crippen LogP contribution in [0, 0.1) is 6.92 Å². The topological polar surface area (TPSA) is 38.9 Å². The lowest BCUT2D eigenvalue weighted by Crippen LogP contribution is -2.08. The van der Waals surface area contributed by atoms with E-state index in [1.165, 1.54) is 11.3 Å². The van der Waals surface area contributed by atoms with Gasteiger partial charge in [-0.3, -0.25) is 0 Å². The quantitative estimate of drug-likeness (QED) is 0.520. The fraction of sp³-hybridized carbons (Fsp3) is 0.200. The molecule has 1 aromatic heterocycles. The molecule has 10 heavy (non-hydrogen) atoms. The van der Waals surface area contributed by atoms with Crippen molar-refractivity contribution in [3.05, 3.63) is 10.6 Å². The number of thiazole rings is 1. The Morgan fingerprint density at radius 1 is 1.80 bits per heavy atom. The summed E-state index contributed by atoms with van der Waals surface area (Å²) in [5.41, 5.74) is 6.34. The average Bonchev–Trinajstić information content (AvgIpc) is 2.10. The highest BCUT2D eigenvalue weighted by atomic mass is 32.1. The van der Waals surface area contributed by atoms with Crippen LogP contribution in [0.15, 0.2) is 0 Å². The zero-order valence-electron chi connectivity index (χ0n) is 5.42. The van der Waals surface area contributed by atoms with E-state index in [9.17, 15) is 0 Å². The van der Waals surface area contributed by atoms with Gasteiger partial charge in [0.25, 0.3) is 0 Å². The normalized spacial score (nSPS) is 9.80. The Morgan fingerprint density at radius 2 is 2.40 bits per heavy atom. The Morgan fingerprint density at radius 3 is 2.60 bits per heavy atom. The molecule has 0 bridgehead atoms. The van der Waals surface area contributed by atoms with Gasteiger partial charge in [0.1, 0.15) is 9.74 Å². The van der Waals surface area contributed by atoms with Gasteiger partial charge < -0.3 is 5.73 Å². The van der Waals surface area contributed by atoms with Crippen molar-refractivity contribution in [2.45, 2.75) is 6.92 Å². The van der Waals surface area contributed by atoms with Crippen LogP contribution in [0.1, 0.15) is 10.6 Å². The van der Waals surface area contributed by atoms with Crippen LogP contribution in [0.25, 0.3) is 0 Å². The second-order valence-corrected chi connectivity index (χ2v) is 4.27. The fourth-order valence-electron chi connectivity index (χ4n) is 0.646. The minimum Gasteiger partial charge on any atom is -0.389 e. The van der Waals surface area contributed by atoms with E-state index in [1.807, 2.05) is 6.92 Å². The van der Waals surface area contributed by atoms with Crippen molar-refractivity contribution in [3.8, 4) is 0 Å². The average molecular weight is 190 g/mol. The molecule has 0 aliphatic rings. The first-order valence-electron chi connectivity index (χ1n) is 2.64. The highest BCUT2D eigenvalue weighted by molar-refractivity contribution is 7.81. The lowest BCUT2D eigenvalue weighted by molar-refractivity contribution is 1.29. The Labute approximate surface area is 71.0 Å². The first kappa shape index (κ1) is 8.05. The van der Waals surface area contributed by atoms with Gasteiger partial charge >= 0.3 is 0 Å². The molecule has 0 spiro atoms. The van der Waals surface area contributed by atoms with Gasteiger partial charge in [-0.2, -0.15) is 0 Å². The van der Waals surface area contributed by atoms with Crippen LogP contribution >= 0.6 is 32.8 Å². The van der Waals surface area contributed by atoms with Crippen molar-refractivity contribution in [1.82, 2.24) is 4.98 Å². The van der Waals surface area contributed by atoms with Gasteiger partial charge in [-0.15, -0.1) is 11.3 Å². The van der Waals surface area contributed by atoms with Gasteiger partial charge in [0.15, 0.2) is 0 Å². The molecule has 0 amide bonds. The maximum absolute atomic E-state index is 5.42. The van der Waals surface area contributed by atoms with E-state index in [0.717, 1.165) is 15.3 Å². The monoisotopic (exact) mass is 190 g/mol. The Kier molecular flexibility index (Phi) is 2.34. The van der Waals surface area contributed by atoms with Gasteiger partial charge in [-0.05, 0) is 6.92 Å². The van der Waals surface area contributed by atoms with Gasteiger partial charge in [0.05, 0.1) is 10.6 Å². The summed E-state index contributed by atoms with van der Waals surface area (Å²) >= 11 is 6.31. The van der Waals surface area contributed by atoms with E-state index in [0.29, 0.717) is 4.99 Å². The summed E-state index contributed by atoms with van der Waals surface area (Å²) in [7, 11) is 2.52. The molecule has 0 aliphatic heterocycles. The molecule has 2 nitrogen and oxygen atoms in total. The molecule has 5 heteroatoms. The van der Waals surface area contributed by atoms with Crippen molar-refractivity contribution >= 4 is 42.5 Å². The number of nitrogens with zero attached hydrogens (tertiary/aromatic N) is 1. The predicted molar refractivity (Wildman–Crippen MR) is 52.1 cm³/mol. The molecule has 1 rings (SSSR count). The molecular formula is C5H7N2PS2. The number of aryl methyl sites for hydroxylation is 1. The first-order chi connectivity index (χ1) is 4.61. The third-order valence-electron chi connectivity index (χ3n) is 1.04. The van der Waals surface area contributed by atoms with Crippen molar-refractivity contribution < 1.29 is 0 Å². The number of aromatic nitrogens is 1. The van der Waals surface area contributed by atoms with Crippen LogP contribution in [0.4, 0.5) is 0 Å². The van der Waals surface area contributed by atoms with Gasteiger partial charge in [-0.1, -0.05) is 21.5 Å². The van der Waals surface area contributed by atoms with Crippen LogP contribution in [-0.4, -0.2) is 9.97 Å². The number of nitrogens with two attached hydrogens (primary N) is 1. The van der Waals surface area contributed by atoms with Crippen LogP contribution in [0.2, 0.25) is 0 Å². The number of rotatable bonds is 1. The van der Waals surface area contributed by atoms with Crippen LogP contribution in [-0.2, 0) is 0 Å². The van der Waals surface area contributed by atoms with Crippen molar-refractivity contribution in [2.24, 2.45) is 5.73 Å². The maximum Gasteiger partial charge on any atom is 0.116 e. The summed E-state index contributed by atoms with van der Waals surface area (Å²) in [5, 5.41) is 0. The second-order valence-electron chi connectivity index (χ2n) is 1.83. The van der Waals surface area contributed by atoms with E-state index >= 15 is 0 Å². The van der Waals surface area contributed by atoms with Crippen molar-refractivity contribution in [3.63, 3.8) is 0 Å². The molecular weight excluding hydrogens is 183 g/mol. The van der Waals surface area contributed by atoms with E-state index in [2.05, 4.69) is 14.2 Å². The fourth-order valence-corrected chi connectivity index (χ4v) is 2.15. The molecule has 0 fully saturated rings.